The van der Waals surface area contributed by atoms with E-state index in [4.69, 9.17) is 17.3 Å². The molecule has 0 bridgehead atoms. The maximum absolute atomic E-state index is 12.1. The molecule has 1 unspecified atom stereocenters. The van der Waals surface area contributed by atoms with Gasteiger partial charge in [-0.3, -0.25) is 9.10 Å². The Balaban J connectivity index is 2.21. The van der Waals surface area contributed by atoms with Crippen molar-refractivity contribution in [3.05, 3.63) is 28.8 Å². The van der Waals surface area contributed by atoms with E-state index in [2.05, 4.69) is 13.0 Å². The van der Waals surface area contributed by atoms with Gasteiger partial charge < -0.3 is 5.73 Å². The molecule has 1 aliphatic heterocycles. The van der Waals surface area contributed by atoms with Crippen molar-refractivity contribution in [2.75, 3.05) is 5.75 Å². The predicted molar refractivity (Wildman–Crippen MR) is 88.0 cm³/mol. The molecule has 1 heterocycles. The molecule has 1 aliphatic rings. The minimum Gasteiger partial charge on any atom is -0.319 e. The van der Waals surface area contributed by atoms with E-state index in [-0.39, 0.29) is 11.3 Å². The fourth-order valence-corrected chi connectivity index (χ4v) is 4.70. The van der Waals surface area contributed by atoms with Gasteiger partial charge >= 0.3 is 0 Å². The summed E-state index contributed by atoms with van der Waals surface area (Å²) < 4.78 is 1.76. The van der Waals surface area contributed by atoms with Crippen LogP contribution < -0.4 is 5.73 Å². The number of nitrogens with two attached hydrogens (primary N) is 1. The summed E-state index contributed by atoms with van der Waals surface area (Å²) in [6.07, 6.45) is 1.80. The number of hydrogen-bond donors (Lipinski definition) is 1. The van der Waals surface area contributed by atoms with Crippen LogP contribution in [-0.2, 0) is 4.79 Å². The van der Waals surface area contributed by atoms with E-state index < -0.39 is 6.04 Å². The van der Waals surface area contributed by atoms with Gasteiger partial charge in [-0.25, -0.2) is 0 Å². The Morgan fingerprint density at radius 1 is 1.67 bits per heavy atom. The van der Waals surface area contributed by atoms with E-state index in [1.54, 1.807) is 16.4 Å². The number of carbonyl (C=O) groups excluding carboxylic acids is 1. The molecule has 112 valence electrons. The van der Waals surface area contributed by atoms with E-state index in [0.29, 0.717) is 16.3 Å². The number of halogens is 1. The number of thioether (sulfide) groups is 1. The summed E-state index contributed by atoms with van der Waals surface area (Å²) in [6, 6.07) is 6.98. The van der Waals surface area contributed by atoms with E-state index >= 15 is 0 Å². The van der Waals surface area contributed by atoms with Gasteiger partial charge in [-0.15, -0.1) is 0 Å². The molecule has 1 amide bonds. The van der Waals surface area contributed by atoms with Crippen LogP contribution in [0, 0.1) is 11.3 Å². The molecule has 0 spiro atoms. The van der Waals surface area contributed by atoms with Crippen molar-refractivity contribution in [1.29, 1.82) is 5.26 Å². The molecule has 1 aromatic carbocycles. The van der Waals surface area contributed by atoms with Crippen molar-refractivity contribution in [3.8, 4) is 6.07 Å². The van der Waals surface area contributed by atoms with E-state index in [9.17, 15) is 10.1 Å². The zero-order valence-corrected chi connectivity index (χ0v) is 14.0. The second kappa shape index (κ2) is 7.41. The molecule has 0 aromatic heterocycles. The van der Waals surface area contributed by atoms with Gasteiger partial charge in [0.1, 0.15) is 6.07 Å². The van der Waals surface area contributed by atoms with Crippen LogP contribution in [0.5, 0.6) is 0 Å². The summed E-state index contributed by atoms with van der Waals surface area (Å²) in [5, 5.41) is 9.74. The lowest BCUT2D eigenvalue weighted by Gasteiger charge is -2.26. The number of rotatable bonds is 5. The van der Waals surface area contributed by atoms with Crippen LogP contribution in [0.2, 0.25) is 5.02 Å². The van der Waals surface area contributed by atoms with Crippen LogP contribution in [0.15, 0.2) is 23.1 Å². The molecule has 2 rings (SSSR count). The lowest BCUT2D eigenvalue weighted by Crippen LogP contribution is -2.37. The van der Waals surface area contributed by atoms with E-state index in [0.717, 1.165) is 17.7 Å². The number of nitriles is 1. The molecule has 2 atom stereocenters. The average molecular weight is 342 g/mol. The molecule has 7 heteroatoms. The molecule has 4 nitrogen and oxygen atoms in total. The summed E-state index contributed by atoms with van der Waals surface area (Å²) >= 11 is 8.91. The lowest BCUT2D eigenvalue weighted by molar-refractivity contribution is -0.126. The molecule has 1 saturated heterocycles. The number of nitrogens with zero attached hydrogens (tertiary/aromatic N) is 2. The van der Waals surface area contributed by atoms with E-state index in [1.807, 2.05) is 6.07 Å². The molecule has 0 saturated carbocycles. The number of benzene rings is 1. The van der Waals surface area contributed by atoms with Gasteiger partial charge in [0.05, 0.1) is 17.0 Å². The van der Waals surface area contributed by atoms with Gasteiger partial charge in [0.15, 0.2) is 0 Å². The van der Waals surface area contributed by atoms with Crippen LogP contribution in [0.25, 0.3) is 0 Å². The Morgan fingerprint density at radius 3 is 3.00 bits per heavy atom. The molecule has 1 fully saturated rings. The molecular formula is C14H16ClN3OS2. The zero-order valence-electron chi connectivity index (χ0n) is 11.6. The minimum absolute atomic E-state index is 0.0191. The van der Waals surface area contributed by atoms with Crippen molar-refractivity contribution >= 4 is 41.2 Å². The molecule has 21 heavy (non-hydrogen) atoms. The number of amides is 1. The standard InChI is InChI=1S/C14H16ClN3OS2/c1-2-3-13(18-14(19)11(17)8-20-18)21-12-5-4-10(15)6-9(12)7-16/h4-6,11,13H,2-3,8,17H2,1H3/t11?,13-/m1/s1. The van der Waals surface area contributed by atoms with Gasteiger partial charge in [-0.1, -0.05) is 36.7 Å². The first-order valence-electron chi connectivity index (χ1n) is 6.64. The summed E-state index contributed by atoms with van der Waals surface area (Å²) in [6.45, 7) is 2.08. The maximum Gasteiger partial charge on any atom is 0.251 e. The Hall–Kier alpha value is -0.870. The van der Waals surface area contributed by atoms with Crippen molar-refractivity contribution in [3.63, 3.8) is 0 Å². The summed E-state index contributed by atoms with van der Waals surface area (Å²) in [5.74, 6) is 0.587. The highest BCUT2D eigenvalue weighted by atomic mass is 35.5. The van der Waals surface area contributed by atoms with Crippen molar-refractivity contribution in [1.82, 2.24) is 4.31 Å². The van der Waals surface area contributed by atoms with Crippen LogP contribution in [0.1, 0.15) is 25.3 Å². The first kappa shape index (κ1) is 16.5. The highest BCUT2D eigenvalue weighted by molar-refractivity contribution is 8.02. The van der Waals surface area contributed by atoms with Gasteiger partial charge in [-0.05, 0) is 36.6 Å². The number of hydrogen-bond acceptors (Lipinski definition) is 5. The van der Waals surface area contributed by atoms with Crippen molar-refractivity contribution in [2.24, 2.45) is 5.73 Å². The van der Waals surface area contributed by atoms with Crippen LogP contribution in [0.4, 0.5) is 0 Å². The quantitative estimate of drug-likeness (QED) is 0.657. The second-order valence-corrected chi connectivity index (χ2v) is 7.32. The monoisotopic (exact) mass is 341 g/mol. The minimum atomic E-state index is -0.421. The zero-order chi connectivity index (χ0) is 15.4. The first-order chi connectivity index (χ1) is 10.1. The largest absolute Gasteiger partial charge is 0.319 e. The lowest BCUT2D eigenvalue weighted by atomic mass is 10.2. The summed E-state index contributed by atoms with van der Waals surface area (Å²) in [7, 11) is 0. The first-order valence-corrected chi connectivity index (χ1v) is 8.84. The average Bonchev–Trinajstić information content (AvgIpc) is 2.80. The Labute approximate surface area is 138 Å². The van der Waals surface area contributed by atoms with Crippen molar-refractivity contribution in [2.45, 2.75) is 36.1 Å². The van der Waals surface area contributed by atoms with Gasteiger partial charge in [0.2, 0.25) is 0 Å². The van der Waals surface area contributed by atoms with Gasteiger partial charge in [-0.2, -0.15) is 5.26 Å². The van der Waals surface area contributed by atoms with Crippen LogP contribution >= 0.6 is 35.3 Å². The predicted octanol–water partition coefficient (Wildman–Crippen LogP) is 3.25. The van der Waals surface area contributed by atoms with Crippen LogP contribution in [0.3, 0.4) is 0 Å². The molecular weight excluding hydrogens is 326 g/mol. The molecule has 0 radical (unpaired) electrons. The Morgan fingerprint density at radius 2 is 2.43 bits per heavy atom. The van der Waals surface area contributed by atoms with Gasteiger partial charge in [0, 0.05) is 15.7 Å². The molecule has 0 aliphatic carbocycles. The SMILES string of the molecule is CCC[C@@H](Sc1ccc(Cl)cc1C#N)N1SCC(N)C1=O. The molecule has 2 N–H and O–H groups in total. The second-order valence-electron chi connectivity index (χ2n) is 4.68. The Bertz CT molecular complexity index is 576. The summed E-state index contributed by atoms with van der Waals surface area (Å²) in [5.41, 5.74) is 6.32. The third-order valence-electron chi connectivity index (χ3n) is 3.05. The topological polar surface area (TPSA) is 70.1 Å². The highest BCUT2D eigenvalue weighted by Gasteiger charge is 2.35. The number of carbonyl (C=O) groups is 1. The third-order valence-corrected chi connectivity index (χ3v) is 5.97. The van der Waals surface area contributed by atoms with Gasteiger partial charge in [0.25, 0.3) is 5.91 Å². The van der Waals surface area contributed by atoms with Crippen molar-refractivity contribution < 1.29 is 4.79 Å². The normalized spacial score (nSPS) is 19.6. The van der Waals surface area contributed by atoms with E-state index in [1.165, 1.54) is 23.7 Å². The fraction of sp³-hybridized carbons (Fsp3) is 0.429. The molecule has 1 aromatic rings. The Kier molecular flexibility index (Phi) is 5.82. The smallest absolute Gasteiger partial charge is 0.251 e. The summed E-state index contributed by atoms with van der Waals surface area (Å²) in [4.78, 5) is 12.9. The highest BCUT2D eigenvalue weighted by Crippen LogP contribution is 2.37. The third kappa shape index (κ3) is 3.86. The maximum atomic E-state index is 12.1. The fourth-order valence-electron chi connectivity index (χ4n) is 1.99. The van der Waals surface area contributed by atoms with Crippen LogP contribution in [-0.4, -0.2) is 27.4 Å².